The predicted molar refractivity (Wildman–Crippen MR) is 83.2 cm³/mol. The normalized spacial score (nSPS) is 10.8. The number of benzene rings is 1. The number of anilines is 2. The van der Waals surface area contributed by atoms with E-state index in [1.165, 1.54) is 5.56 Å². The van der Waals surface area contributed by atoms with Crippen LogP contribution in [-0.4, -0.2) is 23.1 Å². The first-order chi connectivity index (χ1) is 9.58. The molecule has 1 N–H and O–H groups in total. The smallest absolute Gasteiger partial charge is 0.151 e. The molecular weight excluding hydrogens is 248 g/mol. The maximum absolute atomic E-state index is 4.50. The summed E-state index contributed by atoms with van der Waals surface area (Å²) in [4.78, 5) is 11.0. The first-order valence-electron chi connectivity index (χ1n) is 6.91. The van der Waals surface area contributed by atoms with E-state index in [2.05, 4.69) is 53.1 Å². The van der Waals surface area contributed by atoms with Crippen molar-refractivity contribution in [3.8, 4) is 0 Å². The zero-order valence-electron chi connectivity index (χ0n) is 12.6. The monoisotopic (exact) mass is 270 g/mol. The van der Waals surface area contributed by atoms with Crippen LogP contribution in [0.1, 0.15) is 25.1 Å². The summed E-state index contributed by atoms with van der Waals surface area (Å²) in [7, 11) is 2.01. The summed E-state index contributed by atoms with van der Waals surface area (Å²) in [6, 6.07) is 8.71. The molecule has 0 aliphatic heterocycles. The van der Waals surface area contributed by atoms with Crippen LogP contribution in [0.4, 0.5) is 11.5 Å². The van der Waals surface area contributed by atoms with Gasteiger partial charge in [-0.2, -0.15) is 0 Å². The molecule has 1 aromatic carbocycles. The van der Waals surface area contributed by atoms with Crippen LogP contribution < -0.4 is 10.2 Å². The average molecular weight is 270 g/mol. The van der Waals surface area contributed by atoms with Crippen molar-refractivity contribution in [3.05, 3.63) is 47.9 Å². The number of para-hydroxylation sites is 1. The molecule has 1 heterocycles. The maximum Gasteiger partial charge on any atom is 0.151 e. The van der Waals surface area contributed by atoms with Gasteiger partial charge in [-0.1, -0.05) is 32.0 Å². The van der Waals surface area contributed by atoms with Gasteiger partial charge in [0.05, 0.1) is 18.1 Å². The second-order valence-corrected chi connectivity index (χ2v) is 5.25. The fourth-order valence-corrected chi connectivity index (χ4v) is 1.98. The molecule has 0 radical (unpaired) electrons. The fraction of sp³-hybridized carbons (Fsp3) is 0.375. The fourth-order valence-electron chi connectivity index (χ4n) is 1.98. The van der Waals surface area contributed by atoms with Crippen LogP contribution in [0.25, 0.3) is 0 Å². The van der Waals surface area contributed by atoms with Crippen molar-refractivity contribution in [2.45, 2.75) is 33.4 Å². The van der Waals surface area contributed by atoms with Crippen LogP contribution in [0.3, 0.4) is 0 Å². The van der Waals surface area contributed by atoms with Gasteiger partial charge in [-0.15, -0.1) is 0 Å². The lowest BCUT2D eigenvalue weighted by Crippen LogP contribution is -2.22. The summed E-state index contributed by atoms with van der Waals surface area (Å²) in [5.74, 6) is 0.854. The highest BCUT2D eigenvalue weighted by Gasteiger charge is 2.08. The van der Waals surface area contributed by atoms with Crippen molar-refractivity contribution in [2.75, 3.05) is 11.9 Å². The Labute approximate surface area is 120 Å². The van der Waals surface area contributed by atoms with Crippen LogP contribution in [0.5, 0.6) is 0 Å². The molecule has 0 aliphatic rings. The van der Waals surface area contributed by atoms with Crippen LogP contribution in [-0.2, 0) is 6.54 Å². The van der Waals surface area contributed by atoms with Gasteiger partial charge in [0, 0.05) is 25.3 Å². The van der Waals surface area contributed by atoms with E-state index in [1.807, 2.05) is 31.6 Å². The van der Waals surface area contributed by atoms with E-state index in [4.69, 9.17) is 0 Å². The van der Waals surface area contributed by atoms with Crippen LogP contribution in [0.15, 0.2) is 36.7 Å². The van der Waals surface area contributed by atoms with Gasteiger partial charge in [-0.05, 0) is 18.6 Å². The van der Waals surface area contributed by atoms with E-state index < -0.39 is 0 Å². The van der Waals surface area contributed by atoms with E-state index >= 15 is 0 Å². The summed E-state index contributed by atoms with van der Waals surface area (Å²) >= 11 is 0. The molecule has 0 unspecified atom stereocenters. The Morgan fingerprint density at radius 2 is 1.90 bits per heavy atom. The zero-order valence-corrected chi connectivity index (χ0v) is 12.6. The van der Waals surface area contributed by atoms with Crippen molar-refractivity contribution >= 4 is 11.5 Å². The van der Waals surface area contributed by atoms with Gasteiger partial charge in [0.2, 0.25) is 0 Å². The Bertz CT molecular complexity index is 549. The van der Waals surface area contributed by atoms with Gasteiger partial charge >= 0.3 is 0 Å². The summed E-state index contributed by atoms with van der Waals surface area (Å²) < 4.78 is 0. The van der Waals surface area contributed by atoms with E-state index in [-0.39, 0.29) is 0 Å². The number of hydrogen-bond donors (Lipinski definition) is 1. The van der Waals surface area contributed by atoms with Gasteiger partial charge in [-0.3, -0.25) is 4.98 Å². The quantitative estimate of drug-likeness (QED) is 0.906. The zero-order chi connectivity index (χ0) is 14.5. The van der Waals surface area contributed by atoms with E-state index in [0.29, 0.717) is 6.04 Å². The van der Waals surface area contributed by atoms with Crippen LogP contribution in [0.2, 0.25) is 0 Å². The minimum Gasteiger partial charge on any atom is -0.328 e. The van der Waals surface area contributed by atoms with Crippen LogP contribution >= 0.6 is 0 Å². The molecule has 2 rings (SSSR count). The topological polar surface area (TPSA) is 41.1 Å². The Kier molecular flexibility index (Phi) is 4.69. The summed E-state index contributed by atoms with van der Waals surface area (Å²) in [6.07, 6.45) is 3.66. The molecule has 4 heteroatoms. The second kappa shape index (κ2) is 6.48. The average Bonchev–Trinajstić information content (AvgIpc) is 2.45. The van der Waals surface area contributed by atoms with Crippen molar-refractivity contribution in [3.63, 3.8) is 0 Å². The Morgan fingerprint density at radius 3 is 2.50 bits per heavy atom. The van der Waals surface area contributed by atoms with Crippen LogP contribution in [0, 0.1) is 6.92 Å². The first kappa shape index (κ1) is 14.5. The number of nitrogens with zero attached hydrogens (tertiary/aromatic N) is 3. The minimum atomic E-state index is 0.450. The van der Waals surface area contributed by atoms with Crippen molar-refractivity contribution < 1.29 is 0 Å². The molecule has 0 aliphatic carbocycles. The Morgan fingerprint density at radius 1 is 1.15 bits per heavy atom. The van der Waals surface area contributed by atoms with E-state index in [0.717, 1.165) is 23.7 Å². The highest BCUT2D eigenvalue weighted by Crippen LogP contribution is 2.24. The van der Waals surface area contributed by atoms with Crippen molar-refractivity contribution in [1.29, 1.82) is 0 Å². The van der Waals surface area contributed by atoms with Gasteiger partial charge < -0.3 is 10.2 Å². The predicted octanol–water partition coefficient (Wildman–Crippen LogP) is 3.05. The molecule has 4 nitrogen and oxygen atoms in total. The maximum atomic E-state index is 4.50. The highest BCUT2D eigenvalue weighted by molar-refractivity contribution is 5.62. The second-order valence-electron chi connectivity index (χ2n) is 5.25. The molecule has 0 fully saturated rings. The molecule has 0 saturated heterocycles. The Hall–Kier alpha value is -1.94. The minimum absolute atomic E-state index is 0.450. The number of aryl methyl sites for hydroxylation is 1. The molecule has 20 heavy (non-hydrogen) atoms. The van der Waals surface area contributed by atoms with E-state index in [9.17, 15) is 0 Å². The van der Waals surface area contributed by atoms with Gasteiger partial charge in [0.1, 0.15) is 0 Å². The number of rotatable bonds is 5. The lowest BCUT2D eigenvalue weighted by atomic mass is 10.2. The summed E-state index contributed by atoms with van der Waals surface area (Å²) in [5.41, 5.74) is 3.33. The third-order valence-electron chi connectivity index (χ3n) is 3.20. The Balaban J connectivity index is 2.12. The number of hydrogen-bond acceptors (Lipinski definition) is 4. The van der Waals surface area contributed by atoms with Crippen molar-refractivity contribution in [2.24, 2.45) is 0 Å². The standard InChI is InChI=1S/C16H22N4/c1-12(2)17-9-14-10-19-16(11-18-14)20(4)15-8-6-5-7-13(15)3/h5-8,10-12,17H,9H2,1-4H3. The largest absolute Gasteiger partial charge is 0.328 e. The molecule has 1 aromatic heterocycles. The third kappa shape index (κ3) is 3.54. The number of nitrogens with one attached hydrogen (secondary N) is 1. The molecule has 0 amide bonds. The first-order valence-corrected chi connectivity index (χ1v) is 6.91. The summed E-state index contributed by atoms with van der Waals surface area (Å²) in [5, 5.41) is 3.34. The SMILES string of the molecule is Cc1ccccc1N(C)c1cnc(CNC(C)C)cn1. The molecular formula is C16H22N4. The highest BCUT2D eigenvalue weighted by atomic mass is 15.2. The van der Waals surface area contributed by atoms with Crippen molar-refractivity contribution in [1.82, 2.24) is 15.3 Å². The van der Waals surface area contributed by atoms with Gasteiger partial charge in [0.25, 0.3) is 0 Å². The molecule has 2 aromatic rings. The molecule has 0 spiro atoms. The molecule has 106 valence electrons. The number of aromatic nitrogens is 2. The lowest BCUT2D eigenvalue weighted by Gasteiger charge is -2.20. The van der Waals surface area contributed by atoms with Gasteiger partial charge in [0.15, 0.2) is 5.82 Å². The molecule has 0 atom stereocenters. The summed E-state index contributed by atoms with van der Waals surface area (Å²) in [6.45, 7) is 7.08. The molecule has 0 saturated carbocycles. The van der Waals surface area contributed by atoms with Gasteiger partial charge in [-0.25, -0.2) is 4.98 Å². The molecule has 0 bridgehead atoms. The van der Waals surface area contributed by atoms with E-state index in [1.54, 1.807) is 0 Å². The third-order valence-corrected chi connectivity index (χ3v) is 3.20. The lowest BCUT2D eigenvalue weighted by molar-refractivity contribution is 0.580.